The van der Waals surface area contributed by atoms with Crippen molar-refractivity contribution in [3.63, 3.8) is 0 Å². The zero-order valence-corrected chi connectivity index (χ0v) is 23.5. The molecule has 0 radical (unpaired) electrons. The first-order chi connectivity index (χ1) is 18.9. The van der Waals surface area contributed by atoms with Crippen molar-refractivity contribution in [2.24, 2.45) is 0 Å². The number of thioether (sulfide) groups is 1. The zero-order valence-electron chi connectivity index (χ0n) is 21.8. The summed E-state index contributed by atoms with van der Waals surface area (Å²) in [4.78, 5) is 23.6. The smallest absolute Gasteiger partial charge is 0.416 e. The third kappa shape index (κ3) is 8.39. The Kier molecular flexibility index (Phi) is 10.5. The number of carboxylic acids is 2. The lowest BCUT2D eigenvalue weighted by Gasteiger charge is -2.18. The largest absolute Gasteiger partial charge is 0.481 e. The molecular weight excluding hydrogens is 565 g/mol. The number of aromatic carboxylic acids is 1. The Labute approximate surface area is 236 Å². The molecule has 1 atom stereocenters. The summed E-state index contributed by atoms with van der Waals surface area (Å²) in [7, 11) is 0. The molecule has 4 aromatic rings. The Morgan fingerprint density at radius 1 is 1.05 bits per heavy atom. The van der Waals surface area contributed by atoms with E-state index in [0.29, 0.717) is 4.88 Å². The van der Waals surface area contributed by atoms with Crippen molar-refractivity contribution in [2.75, 3.05) is 0 Å². The number of alkyl halides is 3. The highest BCUT2D eigenvalue weighted by Gasteiger charge is 2.30. The Morgan fingerprint density at radius 3 is 2.17 bits per heavy atom. The van der Waals surface area contributed by atoms with Crippen molar-refractivity contribution in [3.05, 3.63) is 80.8 Å². The molecule has 0 saturated carbocycles. The standard InChI is InChI=1S/C24H23F3O2S2.C3H4N4O2/c1-4-5-19(20-10-11-21(31-20)23(28)29)30-18-12-14(2)22(15(3)13-18)16-6-8-17(9-7-16)24(25,26)27;8-3(9)1-2-4-6-7-5-2/h6-13,19H,4-5H2,1-3H3,(H,28,29);1H2,(H,8,9)(H,4,5,6,7). The van der Waals surface area contributed by atoms with Gasteiger partial charge in [0.1, 0.15) is 11.3 Å². The van der Waals surface area contributed by atoms with Crippen LogP contribution in [0, 0.1) is 13.8 Å². The highest BCUT2D eigenvalue weighted by atomic mass is 32.2. The van der Waals surface area contributed by atoms with Crippen LogP contribution < -0.4 is 0 Å². The van der Waals surface area contributed by atoms with E-state index >= 15 is 0 Å². The molecule has 0 spiro atoms. The molecule has 0 fully saturated rings. The highest BCUT2D eigenvalue weighted by Crippen LogP contribution is 2.43. The van der Waals surface area contributed by atoms with Crippen LogP contribution in [0.4, 0.5) is 13.2 Å². The van der Waals surface area contributed by atoms with Crippen LogP contribution in [0.5, 0.6) is 0 Å². The van der Waals surface area contributed by atoms with Crippen molar-refractivity contribution in [1.82, 2.24) is 20.6 Å². The van der Waals surface area contributed by atoms with Crippen LogP contribution in [-0.2, 0) is 17.4 Å². The fraction of sp³-hybridized carbons (Fsp3) is 0.296. The van der Waals surface area contributed by atoms with Crippen LogP contribution in [0.25, 0.3) is 11.1 Å². The topological polar surface area (TPSA) is 129 Å². The van der Waals surface area contributed by atoms with E-state index in [1.165, 1.54) is 23.5 Å². The molecular formula is C27H27F3N4O4S2. The van der Waals surface area contributed by atoms with Gasteiger partial charge in [-0.25, -0.2) is 4.79 Å². The maximum atomic E-state index is 12.9. The number of nitrogens with zero attached hydrogens (tertiary/aromatic N) is 3. The first-order valence-electron chi connectivity index (χ1n) is 12.1. The number of aromatic nitrogens is 4. The Bertz CT molecular complexity index is 1420. The van der Waals surface area contributed by atoms with Gasteiger partial charge in [-0.15, -0.1) is 33.3 Å². The van der Waals surface area contributed by atoms with Gasteiger partial charge in [0.25, 0.3) is 0 Å². The molecule has 1 unspecified atom stereocenters. The third-order valence-electron chi connectivity index (χ3n) is 5.69. The van der Waals surface area contributed by atoms with Gasteiger partial charge in [0, 0.05) is 15.0 Å². The molecule has 212 valence electrons. The van der Waals surface area contributed by atoms with Crippen molar-refractivity contribution >= 4 is 35.0 Å². The predicted octanol–water partition coefficient (Wildman–Crippen LogP) is 7.21. The van der Waals surface area contributed by atoms with E-state index in [1.54, 1.807) is 17.8 Å². The maximum absolute atomic E-state index is 12.9. The number of carboxylic acid groups (broad SMARTS) is 2. The first-order valence-corrected chi connectivity index (χ1v) is 13.8. The number of aromatic amines is 1. The quantitative estimate of drug-likeness (QED) is 0.174. The number of hydrogen-bond donors (Lipinski definition) is 3. The summed E-state index contributed by atoms with van der Waals surface area (Å²) < 4.78 is 38.6. The number of benzene rings is 2. The molecule has 0 aliphatic carbocycles. The van der Waals surface area contributed by atoms with Crippen LogP contribution in [0.15, 0.2) is 53.4 Å². The summed E-state index contributed by atoms with van der Waals surface area (Å²) in [6.45, 7) is 6.03. The number of aliphatic carboxylic acids is 1. The van der Waals surface area contributed by atoms with E-state index in [-0.39, 0.29) is 17.5 Å². The molecule has 8 nitrogen and oxygen atoms in total. The lowest BCUT2D eigenvalue weighted by Crippen LogP contribution is -2.04. The monoisotopic (exact) mass is 592 g/mol. The normalized spacial score (nSPS) is 11.9. The second-order valence-electron chi connectivity index (χ2n) is 8.81. The van der Waals surface area contributed by atoms with Crippen LogP contribution in [0.1, 0.15) is 62.1 Å². The maximum Gasteiger partial charge on any atom is 0.416 e. The number of carbonyl (C=O) groups is 2. The van der Waals surface area contributed by atoms with Gasteiger partial charge in [0.05, 0.1) is 5.56 Å². The van der Waals surface area contributed by atoms with Gasteiger partial charge in [0.15, 0.2) is 5.82 Å². The summed E-state index contributed by atoms with van der Waals surface area (Å²) in [6.07, 6.45) is -2.64. The summed E-state index contributed by atoms with van der Waals surface area (Å²) in [5.41, 5.74) is 3.03. The molecule has 0 aliphatic rings. The average molecular weight is 593 g/mol. The third-order valence-corrected chi connectivity index (χ3v) is 8.31. The summed E-state index contributed by atoms with van der Waals surface area (Å²) in [6, 6.07) is 12.9. The number of H-pyrrole nitrogens is 1. The van der Waals surface area contributed by atoms with E-state index in [2.05, 4.69) is 39.7 Å². The molecule has 13 heteroatoms. The summed E-state index contributed by atoms with van der Waals surface area (Å²) in [5, 5.41) is 29.7. The minimum atomic E-state index is -4.35. The number of halogens is 3. The molecule has 0 saturated heterocycles. The number of aryl methyl sites for hydroxylation is 2. The molecule has 0 bridgehead atoms. The minimum absolute atomic E-state index is 0.152. The molecule has 0 amide bonds. The van der Waals surface area contributed by atoms with Crippen molar-refractivity contribution in [3.8, 4) is 11.1 Å². The van der Waals surface area contributed by atoms with Gasteiger partial charge in [-0.05, 0) is 78.9 Å². The predicted molar refractivity (Wildman–Crippen MR) is 147 cm³/mol. The van der Waals surface area contributed by atoms with Gasteiger partial charge < -0.3 is 10.2 Å². The Balaban J connectivity index is 0.000000415. The zero-order chi connectivity index (χ0) is 29.4. The van der Waals surface area contributed by atoms with E-state index in [4.69, 9.17) is 5.11 Å². The van der Waals surface area contributed by atoms with Crippen molar-refractivity contribution in [1.29, 1.82) is 0 Å². The van der Waals surface area contributed by atoms with Crippen molar-refractivity contribution in [2.45, 2.75) is 56.4 Å². The fourth-order valence-corrected chi connectivity index (χ4v) is 6.51. The second kappa shape index (κ2) is 13.6. The molecule has 0 aliphatic heterocycles. The molecule has 40 heavy (non-hydrogen) atoms. The van der Waals surface area contributed by atoms with E-state index in [9.17, 15) is 27.9 Å². The van der Waals surface area contributed by atoms with Gasteiger partial charge in [-0.3, -0.25) is 4.79 Å². The molecule has 4 rings (SSSR count). The minimum Gasteiger partial charge on any atom is -0.481 e. The van der Waals surface area contributed by atoms with Crippen LogP contribution >= 0.6 is 23.1 Å². The second-order valence-corrected chi connectivity index (χ2v) is 11.2. The van der Waals surface area contributed by atoms with E-state index < -0.39 is 23.7 Å². The number of hydrogen-bond acceptors (Lipinski definition) is 7. The number of tetrazole rings is 1. The Morgan fingerprint density at radius 2 is 1.70 bits per heavy atom. The number of thiophene rings is 1. The van der Waals surface area contributed by atoms with Gasteiger partial charge in [-0.2, -0.15) is 18.4 Å². The molecule has 2 heterocycles. The lowest BCUT2D eigenvalue weighted by atomic mass is 9.95. The van der Waals surface area contributed by atoms with Crippen molar-refractivity contribution < 1.29 is 33.0 Å². The van der Waals surface area contributed by atoms with Gasteiger partial charge >= 0.3 is 18.1 Å². The molecule has 3 N–H and O–H groups in total. The summed E-state index contributed by atoms with van der Waals surface area (Å²) in [5.74, 6) is -1.68. The number of rotatable bonds is 9. The fourth-order valence-electron chi connectivity index (χ4n) is 3.99. The molecule has 2 aromatic heterocycles. The van der Waals surface area contributed by atoms with Crippen LogP contribution in [0.2, 0.25) is 0 Å². The summed E-state index contributed by atoms with van der Waals surface area (Å²) >= 11 is 3.01. The van der Waals surface area contributed by atoms with Gasteiger partial charge in [0.2, 0.25) is 0 Å². The Hall–Kier alpha value is -3.71. The SMILES string of the molecule is CCCC(Sc1cc(C)c(-c2ccc(C(F)(F)F)cc2)c(C)c1)c1ccc(C(=O)O)s1.O=C(O)Cc1nn[nH]n1. The van der Waals surface area contributed by atoms with Gasteiger partial charge in [-0.1, -0.05) is 30.7 Å². The van der Waals surface area contributed by atoms with Crippen LogP contribution in [-0.4, -0.2) is 42.8 Å². The van der Waals surface area contributed by atoms with Crippen LogP contribution in [0.3, 0.4) is 0 Å². The van der Waals surface area contributed by atoms with E-state index in [0.717, 1.165) is 57.0 Å². The molecule has 2 aromatic carbocycles. The average Bonchev–Trinajstić information content (AvgIpc) is 3.56. The lowest BCUT2D eigenvalue weighted by molar-refractivity contribution is -0.138. The first kappa shape index (κ1) is 30.8. The van der Waals surface area contributed by atoms with E-state index in [1.807, 2.05) is 19.9 Å². The number of nitrogens with one attached hydrogen (secondary N) is 1. The highest BCUT2D eigenvalue weighted by molar-refractivity contribution is 7.99.